The average Bonchev–Trinajstić information content (AvgIpc) is 4.14. The van der Waals surface area contributed by atoms with Gasteiger partial charge in [0.05, 0.1) is 39.5 Å². The van der Waals surface area contributed by atoms with Crippen molar-refractivity contribution < 1.29 is 9.85 Å². The fraction of sp³-hybridized carbons (Fsp3) is 0.167. The first kappa shape index (κ1) is 49.8. The smallest absolute Gasteiger partial charge is 0.286 e. The van der Waals surface area contributed by atoms with Crippen LogP contribution in [0.25, 0.3) is 54.6 Å². The number of nitrogens with two attached hydrogens (primary N) is 1. The zero-order chi connectivity index (χ0) is 50.8. The molecule has 0 aliphatic rings. The minimum absolute atomic E-state index is 0.0706. The molecule has 11 rings (SSSR count). The molecule has 8 heterocycles. The number of aryl methyl sites for hydroxylation is 8. The van der Waals surface area contributed by atoms with Crippen molar-refractivity contribution in [2.75, 3.05) is 5.73 Å². The van der Waals surface area contributed by atoms with E-state index in [1.54, 1.807) is 94.4 Å². The number of hydrogen-bond donors (Lipinski definition) is 2. The number of nitrogens with one attached hydrogen (secondary N) is 1. The van der Waals surface area contributed by atoms with Gasteiger partial charge in [0.2, 0.25) is 0 Å². The predicted octanol–water partition coefficient (Wildman–Crippen LogP) is 6.32. The lowest BCUT2D eigenvalue weighted by atomic mass is 10.1. The van der Waals surface area contributed by atoms with E-state index in [4.69, 9.17) is 5.73 Å². The van der Waals surface area contributed by atoms with Crippen LogP contribution in [0.4, 0.5) is 17.2 Å². The zero-order valence-corrected chi connectivity index (χ0v) is 39.5. The van der Waals surface area contributed by atoms with Gasteiger partial charge in [0.25, 0.3) is 28.1 Å². The maximum atomic E-state index is 11.7. The fourth-order valence-corrected chi connectivity index (χ4v) is 6.91. The molecule has 0 radical (unpaired) electrons. The number of benzene rings is 3. The van der Waals surface area contributed by atoms with E-state index in [0.717, 1.165) is 49.0 Å². The van der Waals surface area contributed by atoms with Crippen LogP contribution in [-0.4, -0.2) is 67.4 Å². The number of nitrogens with zero attached hydrogens (tertiary/aromatic N) is 13. The second-order valence-electron chi connectivity index (χ2n) is 15.9. The summed E-state index contributed by atoms with van der Waals surface area (Å²) in [6.07, 6.45) is 14.7. The summed E-state index contributed by atoms with van der Waals surface area (Å²) in [5, 5.41) is 29.9. The zero-order valence-electron chi connectivity index (χ0n) is 39.5. The van der Waals surface area contributed by atoms with E-state index in [2.05, 4.69) is 30.0 Å². The van der Waals surface area contributed by atoms with Gasteiger partial charge in [-0.1, -0.05) is 35.9 Å². The molecule has 0 atom stereocenters. The first-order chi connectivity index (χ1) is 33.3. The first-order valence-electron chi connectivity index (χ1n) is 21.1. The molecular weight excluding hydrogens is 899 g/mol. The molecule has 0 spiro atoms. The molecule has 0 aliphatic heterocycles. The lowest BCUT2D eigenvalue weighted by Crippen LogP contribution is -2.16. The van der Waals surface area contributed by atoms with Gasteiger partial charge in [-0.15, -0.1) is 0 Å². The highest BCUT2D eigenvalue weighted by molar-refractivity contribution is 5.85. The van der Waals surface area contributed by atoms with Crippen LogP contribution in [0.5, 0.6) is 0 Å². The lowest BCUT2D eigenvalue weighted by molar-refractivity contribution is -0.384. The Morgan fingerprint density at radius 1 is 0.629 bits per heavy atom. The number of fused-ring (bicyclic) bond motifs is 5. The van der Waals surface area contributed by atoms with E-state index >= 15 is 0 Å². The van der Waals surface area contributed by atoms with Crippen molar-refractivity contribution in [3.63, 3.8) is 0 Å². The number of aromatic nitrogens is 12. The Balaban J connectivity index is 0.000000138. The molecule has 0 amide bonds. The number of aromatic amines is 1. The summed E-state index contributed by atoms with van der Waals surface area (Å²) in [4.78, 5) is 72.1. The molecule has 0 saturated heterocycles. The van der Waals surface area contributed by atoms with E-state index in [-0.39, 0.29) is 33.0 Å². The van der Waals surface area contributed by atoms with Crippen molar-refractivity contribution in [3.8, 4) is 0 Å². The number of nitro groups is 2. The van der Waals surface area contributed by atoms with Crippen LogP contribution < -0.4 is 22.4 Å². The second kappa shape index (κ2) is 21.8. The Morgan fingerprint density at radius 3 is 1.97 bits per heavy atom. The van der Waals surface area contributed by atoms with Crippen molar-refractivity contribution in [3.05, 3.63) is 197 Å². The molecule has 8 aromatic heterocycles. The molecule has 0 saturated carbocycles. The third-order valence-corrected chi connectivity index (χ3v) is 10.6. The summed E-state index contributed by atoms with van der Waals surface area (Å²) in [6.45, 7) is 3.95. The Hall–Kier alpha value is -9.60. The van der Waals surface area contributed by atoms with Gasteiger partial charge < -0.3 is 33.6 Å². The summed E-state index contributed by atoms with van der Waals surface area (Å²) in [6, 6.07) is 23.9. The average molecular weight is 948 g/mol. The minimum Gasteiger partial charge on any atom is -0.383 e. The molecule has 0 aliphatic carbocycles. The number of anilines is 1. The highest BCUT2D eigenvalue weighted by atomic mass is 16.6. The summed E-state index contributed by atoms with van der Waals surface area (Å²) in [5.41, 5.74) is 10.6. The quantitative estimate of drug-likeness (QED) is 0.142. The van der Waals surface area contributed by atoms with Gasteiger partial charge in [0.15, 0.2) is 16.8 Å². The van der Waals surface area contributed by atoms with Gasteiger partial charge in [-0.3, -0.25) is 39.3 Å². The number of pyridine rings is 2. The number of rotatable bonds is 2. The molecule has 0 fully saturated rings. The molecule has 0 unspecified atom stereocenters. The van der Waals surface area contributed by atoms with Gasteiger partial charge in [0.1, 0.15) is 12.1 Å². The van der Waals surface area contributed by atoms with Gasteiger partial charge in [-0.2, -0.15) is 5.10 Å². The highest BCUT2D eigenvalue weighted by Crippen LogP contribution is 2.21. The van der Waals surface area contributed by atoms with Crippen molar-refractivity contribution in [2.24, 2.45) is 42.3 Å². The SMILES string of the molecule is Cc1ccc2ccn(C)c(=O)c2c1.Cc1cccc2ccn(C)c(=O)c12.Cn1cc2c(N)ncnc2n1.Cn1ccc([N+](=O)[O-])c1.Cn1ccc2cc([N+](=O)[O-])ccc21.Cn1cnc2c(=O)[nH]cnc21. The van der Waals surface area contributed by atoms with Crippen molar-refractivity contribution in [2.45, 2.75) is 13.8 Å². The maximum Gasteiger partial charge on any atom is 0.286 e. The molecule has 358 valence electrons. The van der Waals surface area contributed by atoms with Crippen LogP contribution >= 0.6 is 0 Å². The van der Waals surface area contributed by atoms with Gasteiger partial charge >= 0.3 is 0 Å². The van der Waals surface area contributed by atoms with E-state index in [9.17, 15) is 34.6 Å². The van der Waals surface area contributed by atoms with Crippen molar-refractivity contribution >= 4 is 71.8 Å². The molecule has 11 aromatic rings. The predicted molar refractivity (Wildman–Crippen MR) is 269 cm³/mol. The number of imidazole rings is 1. The molecular formula is C48H49N15O7. The number of non-ortho nitro benzene ring substituents is 1. The van der Waals surface area contributed by atoms with Crippen LogP contribution in [0.15, 0.2) is 149 Å². The fourth-order valence-electron chi connectivity index (χ4n) is 6.91. The molecule has 22 heteroatoms. The van der Waals surface area contributed by atoms with Crippen LogP contribution in [-0.2, 0) is 42.3 Å². The Morgan fingerprint density at radius 2 is 1.31 bits per heavy atom. The normalized spacial score (nSPS) is 10.5. The van der Waals surface area contributed by atoms with Gasteiger partial charge in [-0.05, 0) is 60.5 Å². The Bertz CT molecular complexity index is 3830. The third-order valence-electron chi connectivity index (χ3n) is 10.6. The molecule has 3 N–H and O–H groups in total. The summed E-state index contributed by atoms with van der Waals surface area (Å²) < 4.78 is 10.1. The van der Waals surface area contributed by atoms with Gasteiger partial charge in [-0.25, -0.2) is 19.9 Å². The Labute approximate surface area is 397 Å². The molecule has 3 aromatic carbocycles. The minimum atomic E-state index is -0.417. The summed E-state index contributed by atoms with van der Waals surface area (Å²) >= 11 is 0. The summed E-state index contributed by atoms with van der Waals surface area (Å²) in [7, 11) is 10.8. The molecule has 70 heavy (non-hydrogen) atoms. The van der Waals surface area contributed by atoms with Crippen molar-refractivity contribution in [1.82, 2.24) is 57.5 Å². The van der Waals surface area contributed by atoms with E-state index < -0.39 is 4.92 Å². The third kappa shape index (κ3) is 11.9. The summed E-state index contributed by atoms with van der Waals surface area (Å²) in [5.74, 6) is 0.475. The monoisotopic (exact) mass is 947 g/mol. The largest absolute Gasteiger partial charge is 0.383 e. The van der Waals surface area contributed by atoms with Crippen LogP contribution in [0.2, 0.25) is 0 Å². The van der Waals surface area contributed by atoms with E-state index in [1.807, 2.05) is 93.3 Å². The molecule has 22 nitrogen and oxygen atoms in total. The second-order valence-corrected chi connectivity index (χ2v) is 15.9. The van der Waals surface area contributed by atoms with Crippen LogP contribution in [0, 0.1) is 34.1 Å². The number of nitrogen functional groups attached to an aromatic ring is 1. The molecule has 0 bridgehead atoms. The van der Waals surface area contributed by atoms with Crippen LogP contribution in [0.3, 0.4) is 0 Å². The van der Waals surface area contributed by atoms with Crippen LogP contribution in [0.1, 0.15) is 11.1 Å². The topological polar surface area (TPSA) is 273 Å². The number of H-pyrrole nitrogens is 1. The maximum absolute atomic E-state index is 11.7. The van der Waals surface area contributed by atoms with E-state index in [0.29, 0.717) is 22.6 Å². The number of nitro benzene ring substituents is 1. The highest BCUT2D eigenvalue weighted by Gasteiger charge is 2.08. The van der Waals surface area contributed by atoms with E-state index in [1.165, 1.54) is 31.0 Å². The standard InChI is InChI=1S/2C11H11NO.C9H8N2O2.C6H7N5.C6H6N4O.C5H6N2O2/c1-8-3-4-9-5-6-12(2)11(13)10(9)7-8;1-8-4-3-5-9-6-7-12(2)11(13)10(8)9;1-10-5-4-7-6-8(11(12)13)2-3-9(7)10;1-11-2-4-5(7)8-3-9-6(4)10-11;1-10-3-9-4-5(10)7-2-8-6(4)11;1-6-3-2-5(4-6)7(8)9/h2*3-7H,1-2H3;2-6H,1H3;2-3H,1H3,(H2,7,8,9,10);2-3H,1H3,(H,7,8,11);2-4H,1H3. The van der Waals surface area contributed by atoms with Gasteiger partial charge in [0, 0.05) is 108 Å². The Kier molecular flexibility index (Phi) is 15.5. The van der Waals surface area contributed by atoms with Crippen molar-refractivity contribution in [1.29, 1.82) is 0 Å². The number of hydrogen-bond acceptors (Lipinski definition) is 13. The first-order valence-corrected chi connectivity index (χ1v) is 21.1. The lowest BCUT2D eigenvalue weighted by Gasteiger charge is -2.02.